The van der Waals surface area contributed by atoms with Crippen molar-refractivity contribution in [2.45, 2.75) is 71.3 Å². The normalized spacial score (nSPS) is 15.9. The average Bonchev–Trinajstić information content (AvgIpc) is 3.46. The summed E-state index contributed by atoms with van der Waals surface area (Å²) in [7, 11) is 0. The topological polar surface area (TPSA) is 80.1 Å². The average molecular weight is 576 g/mol. The number of carbonyl (C=O) groups is 2. The molecular formula is C36H41N5O2. The third kappa shape index (κ3) is 6.56. The summed E-state index contributed by atoms with van der Waals surface area (Å²) < 4.78 is 2.12. The molecule has 1 aliphatic carbocycles. The summed E-state index contributed by atoms with van der Waals surface area (Å²) >= 11 is 0. The summed E-state index contributed by atoms with van der Waals surface area (Å²) in [6, 6.07) is 18.7. The fourth-order valence-electron chi connectivity index (χ4n) is 6.07. The smallest absolute Gasteiger partial charge is 0.257 e. The van der Waals surface area contributed by atoms with Crippen LogP contribution >= 0.6 is 0 Å². The van der Waals surface area contributed by atoms with E-state index in [1.54, 1.807) is 12.3 Å². The molecule has 0 unspecified atom stereocenters. The van der Waals surface area contributed by atoms with Crippen LogP contribution < -0.4 is 5.32 Å². The number of anilines is 1. The molecule has 1 saturated carbocycles. The molecule has 2 aromatic heterocycles. The van der Waals surface area contributed by atoms with E-state index >= 15 is 0 Å². The van der Waals surface area contributed by atoms with E-state index in [-0.39, 0.29) is 11.8 Å². The number of hydrogen-bond acceptors (Lipinski definition) is 4. The Bertz CT molecular complexity index is 1580. The number of rotatable bonds is 8. The molecule has 2 aliphatic rings. The fourth-order valence-corrected chi connectivity index (χ4v) is 6.07. The zero-order chi connectivity index (χ0) is 29.9. The van der Waals surface area contributed by atoms with Gasteiger partial charge in [0.1, 0.15) is 0 Å². The Kier molecular flexibility index (Phi) is 8.41. The van der Waals surface area contributed by atoms with Crippen LogP contribution in [0, 0.1) is 12.8 Å². The van der Waals surface area contributed by atoms with Gasteiger partial charge in [0.2, 0.25) is 0 Å². The van der Waals surface area contributed by atoms with Gasteiger partial charge in [-0.1, -0.05) is 44.2 Å². The largest absolute Gasteiger partial charge is 0.339 e. The summed E-state index contributed by atoms with van der Waals surface area (Å²) in [5.41, 5.74) is 7.33. The molecule has 7 heteroatoms. The molecule has 2 amide bonds. The molecule has 0 bridgehead atoms. The zero-order valence-corrected chi connectivity index (χ0v) is 25.4. The molecule has 222 valence electrons. The van der Waals surface area contributed by atoms with Crippen LogP contribution in [0.25, 0.3) is 11.1 Å². The molecule has 2 fully saturated rings. The summed E-state index contributed by atoms with van der Waals surface area (Å²) in [6.45, 7) is 7.65. The van der Waals surface area contributed by atoms with E-state index in [0.717, 1.165) is 30.5 Å². The van der Waals surface area contributed by atoms with Gasteiger partial charge in [-0.3, -0.25) is 19.3 Å². The number of aryl methyl sites for hydroxylation is 1. The number of pyridine rings is 1. The number of nitrogens with one attached hydrogen (secondary N) is 1. The van der Waals surface area contributed by atoms with Crippen LogP contribution in [0.15, 0.2) is 73.2 Å². The first kappa shape index (κ1) is 28.8. The van der Waals surface area contributed by atoms with Gasteiger partial charge in [0.05, 0.1) is 17.8 Å². The second-order valence-corrected chi connectivity index (χ2v) is 12.6. The van der Waals surface area contributed by atoms with E-state index in [9.17, 15) is 9.59 Å². The standard InChI is InChI=1S/C36H41N5O2/c1-24(2)19-32-14-13-30(21-37-32)35(42)39-34-20-29(8-7-25(34)3)36(43)40-17-15-28(16-18-40)26-9-11-27(12-10-26)31-22-38-41(23-31)33-5-4-6-33/h7-14,20-24,28,33H,4-6,15-19H2,1-3H3,(H,39,42). The van der Waals surface area contributed by atoms with E-state index in [1.807, 2.05) is 42.3 Å². The van der Waals surface area contributed by atoms with Crippen LogP contribution in [-0.2, 0) is 6.42 Å². The van der Waals surface area contributed by atoms with Gasteiger partial charge in [0.25, 0.3) is 11.8 Å². The Morgan fingerprint density at radius 1 is 0.907 bits per heavy atom. The number of amides is 2. The summed E-state index contributed by atoms with van der Waals surface area (Å²) in [5, 5.41) is 7.57. The number of nitrogens with zero attached hydrogens (tertiary/aromatic N) is 4. The third-order valence-corrected chi connectivity index (χ3v) is 8.98. The van der Waals surface area contributed by atoms with Gasteiger partial charge in [-0.05, 0) is 98.2 Å². The quantitative estimate of drug-likeness (QED) is 0.237. The molecule has 0 atom stereocenters. The zero-order valence-electron chi connectivity index (χ0n) is 25.4. The minimum atomic E-state index is -0.227. The lowest BCUT2D eigenvalue weighted by Crippen LogP contribution is -2.38. The Hall–Kier alpha value is -4.26. The molecule has 1 saturated heterocycles. The second kappa shape index (κ2) is 12.5. The first-order valence-corrected chi connectivity index (χ1v) is 15.6. The van der Waals surface area contributed by atoms with Gasteiger partial charge in [-0.15, -0.1) is 0 Å². The Morgan fingerprint density at radius 3 is 2.30 bits per heavy atom. The van der Waals surface area contributed by atoms with Crippen LogP contribution in [0.1, 0.15) is 95.4 Å². The Labute approximate surface area is 254 Å². The van der Waals surface area contributed by atoms with Crippen LogP contribution in [-0.4, -0.2) is 44.6 Å². The molecule has 6 rings (SSSR count). The monoisotopic (exact) mass is 575 g/mol. The number of benzene rings is 2. The van der Waals surface area contributed by atoms with Gasteiger partial charge in [0, 0.05) is 48.0 Å². The van der Waals surface area contributed by atoms with Crippen LogP contribution in [0.4, 0.5) is 5.69 Å². The lowest BCUT2D eigenvalue weighted by atomic mass is 9.88. The van der Waals surface area contributed by atoms with Crippen molar-refractivity contribution in [3.8, 4) is 11.1 Å². The molecular weight excluding hydrogens is 534 g/mol. The minimum absolute atomic E-state index is 0.00692. The number of likely N-dealkylation sites (tertiary alicyclic amines) is 1. The van der Waals surface area contributed by atoms with E-state index < -0.39 is 0 Å². The summed E-state index contributed by atoms with van der Waals surface area (Å²) in [4.78, 5) is 32.8. The van der Waals surface area contributed by atoms with Gasteiger partial charge in [0.15, 0.2) is 0 Å². The Morgan fingerprint density at radius 2 is 1.65 bits per heavy atom. The predicted molar refractivity (Wildman–Crippen MR) is 170 cm³/mol. The number of carbonyl (C=O) groups excluding carboxylic acids is 2. The molecule has 0 radical (unpaired) electrons. The van der Waals surface area contributed by atoms with Crippen LogP contribution in [0.5, 0.6) is 0 Å². The highest BCUT2D eigenvalue weighted by Crippen LogP contribution is 2.34. The SMILES string of the molecule is Cc1ccc(C(=O)N2CCC(c3ccc(-c4cnn(C5CCC5)c4)cc3)CC2)cc1NC(=O)c1ccc(CC(C)C)nc1. The number of aromatic nitrogens is 3. The lowest BCUT2D eigenvalue weighted by Gasteiger charge is -2.32. The molecule has 1 N–H and O–H groups in total. The van der Waals surface area contributed by atoms with Crippen molar-refractivity contribution < 1.29 is 9.59 Å². The van der Waals surface area contributed by atoms with E-state index in [4.69, 9.17) is 0 Å². The van der Waals surface area contributed by atoms with Crippen LogP contribution in [0.3, 0.4) is 0 Å². The summed E-state index contributed by atoms with van der Waals surface area (Å²) in [5.74, 6) is 0.720. The maximum absolute atomic E-state index is 13.5. The van der Waals surface area contributed by atoms with E-state index in [0.29, 0.717) is 47.8 Å². The second-order valence-electron chi connectivity index (χ2n) is 12.6. The van der Waals surface area contributed by atoms with Gasteiger partial charge < -0.3 is 10.2 Å². The van der Waals surface area contributed by atoms with Crippen molar-refractivity contribution in [1.82, 2.24) is 19.7 Å². The molecule has 3 heterocycles. The van der Waals surface area contributed by atoms with Crippen LogP contribution in [0.2, 0.25) is 0 Å². The van der Waals surface area contributed by atoms with Gasteiger partial charge >= 0.3 is 0 Å². The van der Waals surface area contributed by atoms with Gasteiger partial charge in [-0.25, -0.2) is 0 Å². The van der Waals surface area contributed by atoms with Crippen molar-refractivity contribution in [2.75, 3.05) is 18.4 Å². The first-order valence-electron chi connectivity index (χ1n) is 15.6. The van der Waals surface area contributed by atoms with E-state index in [2.05, 4.69) is 64.4 Å². The van der Waals surface area contributed by atoms with Crippen molar-refractivity contribution in [3.63, 3.8) is 0 Å². The Balaban J connectivity index is 1.05. The highest BCUT2D eigenvalue weighted by atomic mass is 16.2. The molecule has 7 nitrogen and oxygen atoms in total. The fraction of sp³-hybridized carbons (Fsp3) is 0.389. The maximum atomic E-state index is 13.5. The molecule has 0 spiro atoms. The highest BCUT2D eigenvalue weighted by Gasteiger charge is 2.25. The van der Waals surface area contributed by atoms with Gasteiger partial charge in [-0.2, -0.15) is 5.10 Å². The molecule has 1 aliphatic heterocycles. The molecule has 43 heavy (non-hydrogen) atoms. The van der Waals surface area contributed by atoms with Crippen molar-refractivity contribution >= 4 is 17.5 Å². The van der Waals surface area contributed by atoms with Crippen molar-refractivity contribution in [3.05, 3.63) is 101 Å². The van der Waals surface area contributed by atoms with Crippen molar-refractivity contribution in [2.24, 2.45) is 5.92 Å². The summed E-state index contributed by atoms with van der Waals surface area (Å²) in [6.07, 6.45) is 12.3. The third-order valence-electron chi connectivity index (χ3n) is 8.98. The highest BCUT2D eigenvalue weighted by molar-refractivity contribution is 6.05. The minimum Gasteiger partial charge on any atom is -0.339 e. The number of piperidine rings is 1. The number of hydrogen-bond donors (Lipinski definition) is 1. The van der Waals surface area contributed by atoms with Crippen molar-refractivity contribution in [1.29, 1.82) is 0 Å². The molecule has 4 aromatic rings. The van der Waals surface area contributed by atoms with E-state index in [1.165, 1.54) is 36.0 Å². The lowest BCUT2D eigenvalue weighted by molar-refractivity contribution is 0.0712. The molecule has 2 aromatic carbocycles. The predicted octanol–water partition coefficient (Wildman–Crippen LogP) is 7.45. The maximum Gasteiger partial charge on any atom is 0.257 e. The first-order chi connectivity index (χ1) is 20.8.